The van der Waals surface area contributed by atoms with Crippen LogP contribution in [0.3, 0.4) is 0 Å². The Hall–Kier alpha value is -1.09. The first-order valence-electron chi connectivity index (χ1n) is 5.92. The van der Waals surface area contributed by atoms with Crippen LogP contribution in [0.5, 0.6) is 0 Å². The third-order valence-electron chi connectivity index (χ3n) is 2.91. The van der Waals surface area contributed by atoms with Crippen LogP contribution in [0.1, 0.15) is 11.1 Å². The van der Waals surface area contributed by atoms with Crippen LogP contribution in [-0.4, -0.2) is 11.2 Å². The summed E-state index contributed by atoms with van der Waals surface area (Å²) >= 11 is 12.1. The zero-order chi connectivity index (χ0) is 13.8. The highest BCUT2D eigenvalue weighted by Crippen LogP contribution is 2.26. The molecule has 0 saturated heterocycles. The highest BCUT2D eigenvalue weighted by molar-refractivity contribution is 6.35. The molecule has 0 spiro atoms. The average molecular weight is 299 g/mol. The normalized spacial score (nSPS) is 12.4. The van der Waals surface area contributed by atoms with Crippen molar-refractivity contribution < 1.29 is 9.50 Å². The number of aliphatic hydroxyl groups is 1. The van der Waals surface area contributed by atoms with E-state index in [1.807, 2.05) is 0 Å². The van der Waals surface area contributed by atoms with E-state index in [1.54, 1.807) is 36.4 Å². The molecule has 0 heterocycles. The molecule has 1 atom stereocenters. The molecule has 0 aliphatic carbocycles. The van der Waals surface area contributed by atoms with Crippen molar-refractivity contribution in [3.05, 3.63) is 69.5 Å². The molecule has 0 aliphatic heterocycles. The summed E-state index contributed by atoms with van der Waals surface area (Å²) in [6.07, 6.45) is -0.199. The summed E-state index contributed by atoms with van der Waals surface area (Å²) in [5, 5.41) is 11.1. The molecule has 0 aliphatic rings. The third kappa shape index (κ3) is 3.69. The SMILES string of the molecule is OC(Cc1ccccc1F)Cc1c(Cl)cccc1Cl. The lowest BCUT2D eigenvalue weighted by atomic mass is 10.0. The fraction of sp³-hybridized carbons (Fsp3) is 0.200. The van der Waals surface area contributed by atoms with Crippen LogP contribution in [0.4, 0.5) is 4.39 Å². The molecular formula is C15H13Cl2FO. The minimum atomic E-state index is -0.727. The van der Waals surface area contributed by atoms with E-state index in [0.29, 0.717) is 27.6 Å². The van der Waals surface area contributed by atoms with E-state index in [0.717, 1.165) is 0 Å². The Labute approximate surface area is 121 Å². The zero-order valence-corrected chi connectivity index (χ0v) is 11.6. The predicted octanol–water partition coefficient (Wildman–Crippen LogP) is 4.28. The van der Waals surface area contributed by atoms with E-state index in [-0.39, 0.29) is 12.2 Å². The van der Waals surface area contributed by atoms with Crippen LogP contribution >= 0.6 is 23.2 Å². The van der Waals surface area contributed by atoms with Crippen molar-refractivity contribution in [3.63, 3.8) is 0 Å². The van der Waals surface area contributed by atoms with Gasteiger partial charge in [0, 0.05) is 22.9 Å². The Balaban J connectivity index is 2.10. The summed E-state index contributed by atoms with van der Waals surface area (Å²) in [5.74, 6) is -0.313. The number of hydrogen-bond donors (Lipinski definition) is 1. The van der Waals surface area contributed by atoms with E-state index >= 15 is 0 Å². The van der Waals surface area contributed by atoms with Crippen LogP contribution in [-0.2, 0) is 12.8 Å². The van der Waals surface area contributed by atoms with Gasteiger partial charge in [-0.1, -0.05) is 47.5 Å². The lowest BCUT2D eigenvalue weighted by molar-refractivity contribution is 0.174. The summed E-state index contributed by atoms with van der Waals surface area (Å²) in [7, 11) is 0. The maximum absolute atomic E-state index is 13.5. The molecule has 0 aromatic heterocycles. The van der Waals surface area contributed by atoms with Crippen LogP contribution in [0.25, 0.3) is 0 Å². The van der Waals surface area contributed by atoms with Gasteiger partial charge in [-0.15, -0.1) is 0 Å². The van der Waals surface area contributed by atoms with Crippen molar-refractivity contribution in [1.82, 2.24) is 0 Å². The number of halogens is 3. The van der Waals surface area contributed by atoms with Crippen molar-refractivity contribution >= 4 is 23.2 Å². The smallest absolute Gasteiger partial charge is 0.126 e. The van der Waals surface area contributed by atoms with Gasteiger partial charge in [-0.05, 0) is 29.3 Å². The molecule has 1 N–H and O–H groups in total. The molecule has 100 valence electrons. The second kappa shape index (κ2) is 6.38. The highest BCUT2D eigenvalue weighted by Gasteiger charge is 2.14. The van der Waals surface area contributed by atoms with Gasteiger partial charge >= 0.3 is 0 Å². The Morgan fingerprint density at radius 1 is 0.947 bits per heavy atom. The molecule has 0 amide bonds. The van der Waals surface area contributed by atoms with E-state index in [9.17, 15) is 9.50 Å². The number of rotatable bonds is 4. The monoisotopic (exact) mass is 298 g/mol. The second-order valence-electron chi connectivity index (χ2n) is 4.35. The maximum Gasteiger partial charge on any atom is 0.126 e. The van der Waals surface area contributed by atoms with E-state index in [1.165, 1.54) is 6.07 Å². The molecule has 19 heavy (non-hydrogen) atoms. The van der Waals surface area contributed by atoms with Gasteiger partial charge < -0.3 is 5.11 Å². The lowest BCUT2D eigenvalue weighted by Gasteiger charge is -2.13. The van der Waals surface area contributed by atoms with E-state index in [4.69, 9.17) is 23.2 Å². The molecule has 2 rings (SSSR count). The van der Waals surface area contributed by atoms with Gasteiger partial charge in [0.05, 0.1) is 6.10 Å². The minimum Gasteiger partial charge on any atom is -0.392 e. The van der Waals surface area contributed by atoms with Crippen molar-refractivity contribution in [2.45, 2.75) is 18.9 Å². The van der Waals surface area contributed by atoms with Gasteiger partial charge in [0.15, 0.2) is 0 Å². The van der Waals surface area contributed by atoms with Crippen LogP contribution in [0.15, 0.2) is 42.5 Å². The molecule has 2 aromatic rings. The Morgan fingerprint density at radius 2 is 1.58 bits per heavy atom. The Bertz CT molecular complexity index is 552. The molecule has 1 nitrogen and oxygen atoms in total. The fourth-order valence-electron chi connectivity index (χ4n) is 1.95. The van der Waals surface area contributed by atoms with Gasteiger partial charge in [0.2, 0.25) is 0 Å². The number of benzene rings is 2. The standard InChI is InChI=1S/C15H13Cl2FO/c16-13-5-3-6-14(17)12(13)9-11(19)8-10-4-1-2-7-15(10)18/h1-7,11,19H,8-9H2. The predicted molar refractivity (Wildman–Crippen MR) is 76.3 cm³/mol. The minimum absolute atomic E-state index is 0.230. The second-order valence-corrected chi connectivity index (χ2v) is 5.17. The fourth-order valence-corrected chi connectivity index (χ4v) is 2.50. The largest absolute Gasteiger partial charge is 0.392 e. The summed E-state index contributed by atoms with van der Waals surface area (Å²) < 4.78 is 13.5. The topological polar surface area (TPSA) is 20.2 Å². The average Bonchev–Trinajstić information content (AvgIpc) is 2.37. The van der Waals surface area contributed by atoms with Crippen molar-refractivity contribution in [1.29, 1.82) is 0 Å². The van der Waals surface area contributed by atoms with Gasteiger partial charge in [0.25, 0.3) is 0 Å². The van der Waals surface area contributed by atoms with Gasteiger partial charge in [-0.3, -0.25) is 0 Å². The summed E-state index contributed by atoms with van der Waals surface area (Å²) in [6.45, 7) is 0. The Kier molecular flexibility index (Phi) is 4.81. The van der Waals surface area contributed by atoms with Crippen molar-refractivity contribution in [2.24, 2.45) is 0 Å². The molecule has 4 heteroatoms. The van der Waals surface area contributed by atoms with Crippen LogP contribution < -0.4 is 0 Å². The molecule has 0 radical (unpaired) electrons. The number of aliphatic hydroxyl groups excluding tert-OH is 1. The quantitative estimate of drug-likeness (QED) is 0.893. The van der Waals surface area contributed by atoms with Crippen molar-refractivity contribution in [2.75, 3.05) is 0 Å². The summed E-state index contributed by atoms with van der Waals surface area (Å²) in [5.41, 5.74) is 1.17. The van der Waals surface area contributed by atoms with Crippen LogP contribution in [0, 0.1) is 5.82 Å². The van der Waals surface area contributed by atoms with Gasteiger partial charge in [0.1, 0.15) is 5.82 Å². The lowest BCUT2D eigenvalue weighted by Crippen LogP contribution is -2.15. The van der Waals surface area contributed by atoms with Gasteiger partial charge in [-0.2, -0.15) is 0 Å². The summed E-state index contributed by atoms with van der Waals surface area (Å²) in [4.78, 5) is 0. The van der Waals surface area contributed by atoms with Crippen molar-refractivity contribution in [3.8, 4) is 0 Å². The molecule has 0 fully saturated rings. The van der Waals surface area contributed by atoms with E-state index < -0.39 is 6.10 Å². The maximum atomic E-state index is 13.5. The first-order chi connectivity index (χ1) is 9.08. The zero-order valence-electron chi connectivity index (χ0n) is 10.1. The van der Waals surface area contributed by atoms with Crippen LogP contribution in [0.2, 0.25) is 10.0 Å². The number of hydrogen-bond acceptors (Lipinski definition) is 1. The first kappa shape index (κ1) is 14.3. The van der Waals surface area contributed by atoms with Gasteiger partial charge in [-0.25, -0.2) is 4.39 Å². The molecular weight excluding hydrogens is 286 g/mol. The third-order valence-corrected chi connectivity index (χ3v) is 3.62. The molecule has 0 saturated carbocycles. The summed E-state index contributed by atoms with van der Waals surface area (Å²) in [6, 6.07) is 11.6. The molecule has 1 unspecified atom stereocenters. The Morgan fingerprint density at radius 3 is 2.21 bits per heavy atom. The molecule has 2 aromatic carbocycles. The van der Waals surface area contributed by atoms with E-state index in [2.05, 4.69) is 0 Å². The highest BCUT2D eigenvalue weighted by atomic mass is 35.5. The molecule has 0 bridgehead atoms. The first-order valence-corrected chi connectivity index (χ1v) is 6.68.